The average Bonchev–Trinajstić information content (AvgIpc) is 2.89. The summed E-state index contributed by atoms with van der Waals surface area (Å²) in [6, 6.07) is 19.4. The number of nitrogens with zero attached hydrogens (tertiary/aromatic N) is 4. The third-order valence-electron chi connectivity index (χ3n) is 6.08. The molecule has 0 aliphatic carbocycles. The van der Waals surface area contributed by atoms with Crippen molar-refractivity contribution in [3.8, 4) is 17.1 Å². The molecule has 34 heavy (non-hydrogen) atoms. The summed E-state index contributed by atoms with van der Waals surface area (Å²) in [6.45, 7) is 4.17. The molecular weight excluding hydrogens is 426 g/mol. The number of rotatable bonds is 6. The molecule has 1 N–H and O–H groups in total. The maximum absolute atomic E-state index is 12.4. The number of carbonyl (C=O) groups excluding carboxylic acids is 1. The van der Waals surface area contributed by atoms with Gasteiger partial charge in [0.15, 0.2) is 0 Å². The molecule has 1 saturated heterocycles. The van der Waals surface area contributed by atoms with Crippen molar-refractivity contribution >= 4 is 22.6 Å². The largest absolute Gasteiger partial charge is 0.478 e. The van der Waals surface area contributed by atoms with Crippen molar-refractivity contribution in [3.63, 3.8) is 0 Å². The van der Waals surface area contributed by atoms with Gasteiger partial charge in [-0.3, -0.25) is 9.78 Å². The highest BCUT2D eigenvalue weighted by atomic mass is 16.5. The second kappa shape index (κ2) is 9.87. The smallest absolute Gasteiger partial charge is 0.251 e. The van der Waals surface area contributed by atoms with Gasteiger partial charge in [-0.1, -0.05) is 18.2 Å². The van der Waals surface area contributed by atoms with Crippen LogP contribution in [0.4, 0.5) is 5.82 Å². The molecule has 0 radical (unpaired) electrons. The summed E-state index contributed by atoms with van der Waals surface area (Å²) >= 11 is 0. The number of ether oxygens (including phenoxy) is 1. The van der Waals surface area contributed by atoms with E-state index in [4.69, 9.17) is 14.7 Å². The lowest BCUT2D eigenvalue weighted by Gasteiger charge is -2.33. The number of benzene rings is 1. The monoisotopic (exact) mass is 453 g/mol. The summed E-state index contributed by atoms with van der Waals surface area (Å²) in [5.41, 5.74) is 3.29. The van der Waals surface area contributed by atoms with Gasteiger partial charge in [0, 0.05) is 54.1 Å². The Kier molecular flexibility index (Phi) is 6.33. The van der Waals surface area contributed by atoms with E-state index in [0.29, 0.717) is 18.1 Å². The van der Waals surface area contributed by atoms with Crippen molar-refractivity contribution in [2.75, 3.05) is 24.6 Å². The molecule has 5 rings (SSSR count). The highest BCUT2D eigenvalue weighted by Crippen LogP contribution is 2.30. The molecular formula is C27H27N5O2. The summed E-state index contributed by atoms with van der Waals surface area (Å²) in [4.78, 5) is 28.6. The van der Waals surface area contributed by atoms with Crippen molar-refractivity contribution in [3.05, 3.63) is 78.6 Å². The Morgan fingerprint density at radius 1 is 1.06 bits per heavy atom. The van der Waals surface area contributed by atoms with Crippen molar-refractivity contribution in [1.82, 2.24) is 20.3 Å². The van der Waals surface area contributed by atoms with Crippen molar-refractivity contribution < 1.29 is 9.53 Å². The summed E-state index contributed by atoms with van der Waals surface area (Å²) in [5.74, 6) is 1.48. The van der Waals surface area contributed by atoms with Crippen LogP contribution in [0.1, 0.15) is 30.1 Å². The molecule has 1 aliphatic rings. The first-order valence-electron chi connectivity index (χ1n) is 11.7. The van der Waals surface area contributed by atoms with Crippen LogP contribution in [0.15, 0.2) is 73.1 Å². The van der Waals surface area contributed by atoms with Crippen LogP contribution in [0.5, 0.6) is 5.88 Å². The number of fused-ring (bicyclic) bond motifs is 1. The van der Waals surface area contributed by atoms with E-state index in [0.717, 1.165) is 53.9 Å². The Bertz CT molecular complexity index is 1270. The molecule has 1 aliphatic heterocycles. The Labute approximate surface area is 198 Å². The van der Waals surface area contributed by atoms with Gasteiger partial charge >= 0.3 is 0 Å². The zero-order valence-corrected chi connectivity index (χ0v) is 19.1. The topological polar surface area (TPSA) is 80.2 Å². The third-order valence-corrected chi connectivity index (χ3v) is 6.08. The minimum absolute atomic E-state index is 0.00923. The molecule has 0 unspecified atom stereocenters. The SMILES string of the molecule is CCOc1cc2ncccc2c(-c2ccc(N3CCC(NC(=O)c4ccccc4)CC3)nc2)n1. The molecule has 0 bridgehead atoms. The van der Waals surface area contributed by atoms with Gasteiger partial charge in [-0.05, 0) is 56.2 Å². The van der Waals surface area contributed by atoms with Crippen LogP contribution in [-0.2, 0) is 0 Å². The standard InChI is InChI=1S/C27H27N5O2/c1-2-34-25-17-23-22(9-6-14-28-23)26(31-25)20-10-11-24(29-18-20)32-15-12-21(13-16-32)30-27(33)19-7-4-3-5-8-19/h3-11,14,17-18,21H,2,12-13,15-16H2,1H3,(H,30,33). The number of anilines is 1. The number of aromatic nitrogens is 3. The van der Waals surface area contributed by atoms with Crippen LogP contribution in [0.3, 0.4) is 0 Å². The van der Waals surface area contributed by atoms with Crippen molar-refractivity contribution in [2.45, 2.75) is 25.8 Å². The number of piperidine rings is 1. The van der Waals surface area contributed by atoms with Gasteiger partial charge in [-0.2, -0.15) is 0 Å². The molecule has 172 valence electrons. The first-order valence-corrected chi connectivity index (χ1v) is 11.7. The minimum atomic E-state index is -0.00923. The van der Waals surface area contributed by atoms with E-state index in [1.807, 2.05) is 67.7 Å². The Morgan fingerprint density at radius 2 is 1.88 bits per heavy atom. The van der Waals surface area contributed by atoms with Gasteiger partial charge in [0.2, 0.25) is 5.88 Å². The van der Waals surface area contributed by atoms with Crippen LogP contribution in [0.2, 0.25) is 0 Å². The normalized spacial score (nSPS) is 14.2. The summed E-state index contributed by atoms with van der Waals surface area (Å²) in [7, 11) is 0. The second-order valence-electron chi connectivity index (χ2n) is 8.32. The minimum Gasteiger partial charge on any atom is -0.478 e. The Balaban J connectivity index is 1.27. The van der Waals surface area contributed by atoms with Gasteiger partial charge in [0.25, 0.3) is 5.91 Å². The maximum atomic E-state index is 12.4. The third kappa shape index (κ3) is 4.69. The number of amides is 1. The Hall–Kier alpha value is -4.00. The average molecular weight is 454 g/mol. The van der Waals surface area contributed by atoms with Crippen molar-refractivity contribution in [1.29, 1.82) is 0 Å². The number of hydrogen-bond donors (Lipinski definition) is 1. The van der Waals surface area contributed by atoms with Crippen LogP contribution in [-0.4, -0.2) is 46.6 Å². The van der Waals surface area contributed by atoms with E-state index in [-0.39, 0.29) is 11.9 Å². The number of carbonyl (C=O) groups is 1. The summed E-state index contributed by atoms with van der Waals surface area (Å²) in [6.07, 6.45) is 5.41. The lowest BCUT2D eigenvalue weighted by molar-refractivity contribution is 0.0931. The molecule has 4 heterocycles. The number of pyridine rings is 3. The van der Waals surface area contributed by atoms with Crippen LogP contribution < -0.4 is 15.0 Å². The fourth-order valence-electron chi connectivity index (χ4n) is 4.32. The molecule has 1 amide bonds. The van der Waals surface area contributed by atoms with E-state index in [1.165, 1.54) is 0 Å². The van der Waals surface area contributed by atoms with Gasteiger partial charge < -0.3 is 15.0 Å². The molecule has 7 nitrogen and oxygen atoms in total. The predicted octanol–water partition coefficient (Wildman–Crippen LogP) is 4.49. The highest BCUT2D eigenvalue weighted by Gasteiger charge is 2.22. The molecule has 0 spiro atoms. The molecule has 0 saturated carbocycles. The molecule has 4 aromatic rings. The van der Waals surface area contributed by atoms with Crippen LogP contribution in [0, 0.1) is 0 Å². The first kappa shape index (κ1) is 21.8. The van der Waals surface area contributed by atoms with E-state index < -0.39 is 0 Å². The number of nitrogens with one attached hydrogen (secondary N) is 1. The van der Waals surface area contributed by atoms with Crippen LogP contribution in [0.25, 0.3) is 22.2 Å². The lowest BCUT2D eigenvalue weighted by Crippen LogP contribution is -2.44. The fraction of sp³-hybridized carbons (Fsp3) is 0.259. The molecule has 0 atom stereocenters. The Morgan fingerprint density at radius 3 is 2.62 bits per heavy atom. The zero-order chi connectivity index (χ0) is 23.3. The molecule has 3 aromatic heterocycles. The first-order chi connectivity index (χ1) is 16.7. The summed E-state index contributed by atoms with van der Waals surface area (Å²) in [5, 5.41) is 4.13. The van der Waals surface area contributed by atoms with E-state index in [9.17, 15) is 4.79 Å². The second-order valence-corrected chi connectivity index (χ2v) is 8.32. The van der Waals surface area contributed by atoms with E-state index in [1.54, 1.807) is 6.20 Å². The number of hydrogen-bond acceptors (Lipinski definition) is 6. The predicted molar refractivity (Wildman–Crippen MR) is 133 cm³/mol. The summed E-state index contributed by atoms with van der Waals surface area (Å²) < 4.78 is 5.65. The fourth-order valence-corrected chi connectivity index (χ4v) is 4.32. The van der Waals surface area contributed by atoms with Crippen molar-refractivity contribution in [2.24, 2.45) is 0 Å². The lowest BCUT2D eigenvalue weighted by atomic mass is 10.0. The highest BCUT2D eigenvalue weighted by molar-refractivity contribution is 5.94. The zero-order valence-electron chi connectivity index (χ0n) is 19.1. The van der Waals surface area contributed by atoms with Gasteiger partial charge in [0.1, 0.15) is 5.82 Å². The van der Waals surface area contributed by atoms with Gasteiger partial charge in [-0.25, -0.2) is 9.97 Å². The quantitative estimate of drug-likeness (QED) is 0.463. The molecule has 7 heteroatoms. The van der Waals surface area contributed by atoms with E-state index in [2.05, 4.69) is 21.3 Å². The van der Waals surface area contributed by atoms with Gasteiger partial charge in [-0.15, -0.1) is 0 Å². The van der Waals surface area contributed by atoms with Crippen LogP contribution >= 0.6 is 0 Å². The van der Waals surface area contributed by atoms with E-state index >= 15 is 0 Å². The molecule has 1 fully saturated rings. The maximum Gasteiger partial charge on any atom is 0.251 e. The molecule has 1 aromatic carbocycles. The van der Waals surface area contributed by atoms with Gasteiger partial charge in [0.05, 0.1) is 17.8 Å².